The third kappa shape index (κ3) is 2.90. The molecule has 3 aliphatic heterocycles. The number of para-hydroxylation sites is 2. The molecule has 0 bridgehead atoms. The summed E-state index contributed by atoms with van der Waals surface area (Å²) in [6.45, 7) is 0. The second-order valence-electron chi connectivity index (χ2n) is 8.65. The molecule has 6 rings (SSSR count). The molecule has 168 valence electrons. The van der Waals surface area contributed by atoms with Gasteiger partial charge in [0.2, 0.25) is 17.7 Å². The normalized spacial score (nSPS) is 24.6. The van der Waals surface area contributed by atoms with Gasteiger partial charge in [0.15, 0.2) is 0 Å². The Labute approximate surface area is 195 Å². The van der Waals surface area contributed by atoms with Gasteiger partial charge in [-0.05, 0) is 41.5 Å². The van der Waals surface area contributed by atoms with Crippen LogP contribution in [-0.4, -0.2) is 28.7 Å². The van der Waals surface area contributed by atoms with Crippen LogP contribution in [0.2, 0.25) is 0 Å². The lowest BCUT2D eigenvalue weighted by atomic mass is 9.84. The fraction of sp³-hybridized carbons (Fsp3) is 0.148. The van der Waals surface area contributed by atoms with Gasteiger partial charge in [-0.15, -0.1) is 0 Å². The van der Waals surface area contributed by atoms with Crippen molar-refractivity contribution in [3.8, 4) is 0 Å². The highest BCUT2D eigenvalue weighted by molar-refractivity contribution is 6.24. The van der Waals surface area contributed by atoms with Gasteiger partial charge in [-0.25, -0.2) is 9.29 Å². The number of rotatable bonds is 3. The number of hydrogen-bond donors (Lipinski definition) is 1. The van der Waals surface area contributed by atoms with Gasteiger partial charge in [0.25, 0.3) is 0 Å². The van der Waals surface area contributed by atoms with E-state index in [4.69, 9.17) is 0 Å². The molecule has 7 heteroatoms. The molecule has 4 atom stereocenters. The van der Waals surface area contributed by atoms with Crippen molar-refractivity contribution < 1.29 is 18.8 Å². The smallest absolute Gasteiger partial charge is 0.247 e. The van der Waals surface area contributed by atoms with Crippen LogP contribution in [0, 0.1) is 17.7 Å². The first-order valence-electron chi connectivity index (χ1n) is 11.1. The third-order valence-corrected chi connectivity index (χ3v) is 6.86. The van der Waals surface area contributed by atoms with Crippen molar-refractivity contribution >= 4 is 35.2 Å². The summed E-state index contributed by atoms with van der Waals surface area (Å²) in [5, 5.41) is 2.88. The lowest BCUT2D eigenvalue weighted by Gasteiger charge is -2.35. The van der Waals surface area contributed by atoms with E-state index in [1.807, 2.05) is 41.3 Å². The van der Waals surface area contributed by atoms with E-state index in [1.54, 1.807) is 36.5 Å². The van der Waals surface area contributed by atoms with Crippen LogP contribution in [0.5, 0.6) is 0 Å². The minimum Gasteiger partial charge on any atom is -0.357 e. The van der Waals surface area contributed by atoms with E-state index < -0.39 is 41.6 Å². The maximum atomic E-state index is 14.6. The van der Waals surface area contributed by atoms with E-state index in [9.17, 15) is 18.8 Å². The minimum absolute atomic E-state index is 0.0831. The second kappa shape index (κ2) is 7.66. The second-order valence-corrected chi connectivity index (χ2v) is 8.65. The predicted molar refractivity (Wildman–Crippen MR) is 125 cm³/mol. The van der Waals surface area contributed by atoms with Crippen molar-refractivity contribution in [2.24, 2.45) is 11.8 Å². The largest absolute Gasteiger partial charge is 0.357 e. The van der Waals surface area contributed by atoms with Crippen LogP contribution in [0.1, 0.15) is 17.2 Å². The number of halogens is 1. The van der Waals surface area contributed by atoms with Gasteiger partial charge in [-0.2, -0.15) is 0 Å². The van der Waals surface area contributed by atoms with Crippen molar-refractivity contribution in [1.29, 1.82) is 0 Å². The number of carbonyl (C=O) groups is 3. The molecule has 3 aliphatic rings. The fourth-order valence-electron chi connectivity index (χ4n) is 5.47. The van der Waals surface area contributed by atoms with Gasteiger partial charge in [0.05, 0.1) is 23.6 Å². The molecule has 34 heavy (non-hydrogen) atoms. The average molecular weight is 453 g/mol. The number of carbonyl (C=O) groups excluding carboxylic acids is 3. The van der Waals surface area contributed by atoms with Crippen molar-refractivity contribution in [1.82, 2.24) is 4.90 Å². The minimum atomic E-state index is -0.948. The van der Waals surface area contributed by atoms with E-state index in [2.05, 4.69) is 5.32 Å². The molecule has 3 heterocycles. The molecule has 0 radical (unpaired) electrons. The molecule has 3 aromatic rings. The van der Waals surface area contributed by atoms with Crippen LogP contribution in [0.15, 0.2) is 85.1 Å². The molecule has 4 unspecified atom stereocenters. The highest BCUT2D eigenvalue weighted by Gasteiger charge is 2.64. The van der Waals surface area contributed by atoms with Gasteiger partial charge in [0, 0.05) is 11.9 Å². The molecule has 3 amide bonds. The summed E-state index contributed by atoms with van der Waals surface area (Å²) in [5.41, 5.74) is 2.31. The van der Waals surface area contributed by atoms with E-state index in [0.717, 1.165) is 16.0 Å². The Morgan fingerprint density at radius 3 is 2.29 bits per heavy atom. The highest BCUT2D eigenvalue weighted by Crippen LogP contribution is 2.53. The van der Waals surface area contributed by atoms with E-state index >= 15 is 0 Å². The molecule has 1 N–H and O–H groups in total. The number of nitrogens with one attached hydrogen (secondary N) is 1. The van der Waals surface area contributed by atoms with Gasteiger partial charge in [-0.3, -0.25) is 14.4 Å². The Morgan fingerprint density at radius 1 is 0.824 bits per heavy atom. The number of imide groups is 1. The van der Waals surface area contributed by atoms with Crippen molar-refractivity contribution in [2.75, 3.05) is 10.2 Å². The molecule has 6 nitrogen and oxygen atoms in total. The highest BCUT2D eigenvalue weighted by atomic mass is 19.1. The van der Waals surface area contributed by atoms with Crippen molar-refractivity contribution in [3.05, 3.63) is 102 Å². The third-order valence-electron chi connectivity index (χ3n) is 6.86. The topological polar surface area (TPSA) is 69.7 Å². The standard InChI is InChI=1S/C27H20FN3O3/c28-19-12-6-7-13-20(19)31-26(33)21-22(27(31)34)24(25(32)29-17-9-2-1-3-10-17)30-15-14-16-8-4-5-11-18(16)23(21)30/h1-15,21-24H,(H,29,32). The lowest BCUT2D eigenvalue weighted by Crippen LogP contribution is -2.46. The first-order valence-corrected chi connectivity index (χ1v) is 11.1. The number of anilines is 2. The van der Waals surface area contributed by atoms with Crippen LogP contribution in [0.3, 0.4) is 0 Å². The monoisotopic (exact) mass is 453 g/mol. The molecule has 3 aromatic carbocycles. The summed E-state index contributed by atoms with van der Waals surface area (Å²) in [7, 11) is 0. The maximum absolute atomic E-state index is 14.6. The van der Waals surface area contributed by atoms with E-state index in [1.165, 1.54) is 18.2 Å². The van der Waals surface area contributed by atoms with Gasteiger partial charge in [-0.1, -0.05) is 54.6 Å². The molecule has 0 aromatic heterocycles. The number of amides is 3. The van der Waals surface area contributed by atoms with E-state index in [0.29, 0.717) is 5.69 Å². The van der Waals surface area contributed by atoms with Crippen molar-refractivity contribution in [3.63, 3.8) is 0 Å². The van der Waals surface area contributed by atoms with Crippen LogP contribution in [0.25, 0.3) is 6.08 Å². The van der Waals surface area contributed by atoms with Crippen LogP contribution in [-0.2, 0) is 14.4 Å². The molecule has 2 saturated heterocycles. The zero-order chi connectivity index (χ0) is 23.4. The Bertz CT molecular complexity index is 1360. The summed E-state index contributed by atoms with van der Waals surface area (Å²) < 4.78 is 14.6. The number of benzene rings is 3. The maximum Gasteiger partial charge on any atom is 0.247 e. The van der Waals surface area contributed by atoms with Crippen LogP contribution < -0.4 is 10.2 Å². The van der Waals surface area contributed by atoms with E-state index in [-0.39, 0.29) is 11.6 Å². The zero-order valence-electron chi connectivity index (χ0n) is 18.0. The first kappa shape index (κ1) is 20.4. The molecule has 0 spiro atoms. The predicted octanol–water partition coefficient (Wildman–Crippen LogP) is 3.98. The summed E-state index contributed by atoms with van der Waals surface area (Å²) in [6.07, 6.45) is 3.67. The van der Waals surface area contributed by atoms with Crippen LogP contribution >= 0.6 is 0 Å². The molecule has 0 aliphatic carbocycles. The molecular formula is C27H20FN3O3. The lowest BCUT2D eigenvalue weighted by molar-refractivity contribution is -0.128. The molecule has 0 saturated carbocycles. The summed E-state index contributed by atoms with van der Waals surface area (Å²) in [4.78, 5) is 43.7. The van der Waals surface area contributed by atoms with Crippen LogP contribution in [0.4, 0.5) is 15.8 Å². The number of nitrogens with zero attached hydrogens (tertiary/aromatic N) is 2. The SMILES string of the molecule is O=C(Nc1ccccc1)C1C2C(=O)N(c3ccccc3F)C(=O)C2C2c3ccccc3C=CN12. The summed E-state index contributed by atoms with van der Waals surface area (Å²) in [6, 6.07) is 20.9. The fourth-order valence-corrected chi connectivity index (χ4v) is 5.47. The van der Waals surface area contributed by atoms with Gasteiger partial charge >= 0.3 is 0 Å². The number of hydrogen-bond acceptors (Lipinski definition) is 4. The zero-order valence-corrected chi connectivity index (χ0v) is 18.0. The van der Waals surface area contributed by atoms with Crippen molar-refractivity contribution in [2.45, 2.75) is 12.1 Å². The Kier molecular flexibility index (Phi) is 4.58. The Hall–Kier alpha value is -4.26. The Balaban J connectivity index is 1.46. The Morgan fingerprint density at radius 2 is 1.50 bits per heavy atom. The molecule has 2 fully saturated rings. The first-order chi connectivity index (χ1) is 16.6. The summed E-state index contributed by atoms with van der Waals surface area (Å²) in [5.74, 6) is -3.86. The van der Waals surface area contributed by atoms with Gasteiger partial charge < -0.3 is 10.2 Å². The average Bonchev–Trinajstić information content (AvgIpc) is 3.33. The van der Waals surface area contributed by atoms with Gasteiger partial charge in [0.1, 0.15) is 11.9 Å². The quantitative estimate of drug-likeness (QED) is 0.609. The number of fused-ring (bicyclic) bond motifs is 5. The summed E-state index contributed by atoms with van der Waals surface area (Å²) >= 11 is 0. The molecular weight excluding hydrogens is 433 g/mol.